The van der Waals surface area contributed by atoms with Gasteiger partial charge in [0.05, 0.1) is 37.2 Å². The molecule has 2 aliphatic heterocycles. The second kappa shape index (κ2) is 5.75. The van der Waals surface area contributed by atoms with Crippen molar-refractivity contribution in [3.05, 3.63) is 18.3 Å². The van der Waals surface area contributed by atoms with Crippen LogP contribution in [0.15, 0.2) is 18.3 Å². The molecule has 3 heterocycles. The van der Waals surface area contributed by atoms with E-state index in [1.807, 2.05) is 6.20 Å². The second-order valence-electron chi connectivity index (χ2n) is 5.12. The minimum absolute atomic E-state index is 0.277. The number of hydrogen-bond donors (Lipinski definition) is 1. The van der Waals surface area contributed by atoms with Crippen molar-refractivity contribution in [3.63, 3.8) is 0 Å². The maximum atomic E-state index is 5.55. The van der Waals surface area contributed by atoms with Gasteiger partial charge < -0.3 is 19.7 Å². The average molecular weight is 263 g/mol. The largest absolute Gasteiger partial charge is 0.378 e. The summed E-state index contributed by atoms with van der Waals surface area (Å²) in [4.78, 5) is 6.80. The van der Waals surface area contributed by atoms with Crippen LogP contribution in [0.3, 0.4) is 0 Å². The van der Waals surface area contributed by atoms with Gasteiger partial charge in [0.2, 0.25) is 0 Å². The zero-order valence-electron chi connectivity index (χ0n) is 11.3. The zero-order valence-corrected chi connectivity index (χ0v) is 11.3. The second-order valence-corrected chi connectivity index (χ2v) is 5.12. The lowest BCUT2D eigenvalue weighted by molar-refractivity contribution is 0.121. The SMILES string of the molecule is CC1OCCC1Nc1ccc(N2CCOCC2)nc1. The van der Waals surface area contributed by atoms with Gasteiger partial charge in [-0.15, -0.1) is 0 Å². The smallest absolute Gasteiger partial charge is 0.128 e. The molecule has 0 aliphatic carbocycles. The van der Waals surface area contributed by atoms with Crippen LogP contribution in [0.5, 0.6) is 0 Å². The van der Waals surface area contributed by atoms with Gasteiger partial charge in [-0.2, -0.15) is 0 Å². The number of aromatic nitrogens is 1. The summed E-state index contributed by atoms with van der Waals surface area (Å²) >= 11 is 0. The van der Waals surface area contributed by atoms with E-state index >= 15 is 0 Å². The van der Waals surface area contributed by atoms with Gasteiger partial charge in [0, 0.05) is 19.7 Å². The summed E-state index contributed by atoms with van der Waals surface area (Å²) in [6.07, 6.45) is 3.25. The summed E-state index contributed by atoms with van der Waals surface area (Å²) in [6, 6.07) is 4.58. The normalized spacial score (nSPS) is 27.5. The van der Waals surface area contributed by atoms with E-state index in [9.17, 15) is 0 Å². The number of pyridine rings is 1. The lowest BCUT2D eigenvalue weighted by atomic mass is 10.1. The minimum Gasteiger partial charge on any atom is -0.378 e. The Kier molecular flexibility index (Phi) is 3.84. The van der Waals surface area contributed by atoms with Crippen LogP contribution in [0.2, 0.25) is 0 Å². The van der Waals surface area contributed by atoms with Crippen molar-refractivity contribution < 1.29 is 9.47 Å². The van der Waals surface area contributed by atoms with Gasteiger partial charge in [0.15, 0.2) is 0 Å². The molecule has 5 heteroatoms. The van der Waals surface area contributed by atoms with Gasteiger partial charge in [-0.3, -0.25) is 0 Å². The Labute approximate surface area is 113 Å². The van der Waals surface area contributed by atoms with Gasteiger partial charge in [-0.25, -0.2) is 4.98 Å². The van der Waals surface area contributed by atoms with Crippen molar-refractivity contribution in [2.24, 2.45) is 0 Å². The summed E-state index contributed by atoms with van der Waals surface area (Å²) < 4.78 is 10.9. The van der Waals surface area contributed by atoms with E-state index in [-0.39, 0.29) is 6.10 Å². The number of nitrogens with one attached hydrogen (secondary N) is 1. The highest BCUT2D eigenvalue weighted by molar-refractivity contribution is 5.49. The third-order valence-electron chi connectivity index (χ3n) is 3.81. The topological polar surface area (TPSA) is 46.6 Å². The first-order valence-electron chi connectivity index (χ1n) is 7.00. The molecule has 104 valence electrons. The molecule has 0 saturated carbocycles. The maximum Gasteiger partial charge on any atom is 0.128 e. The monoisotopic (exact) mass is 263 g/mol. The molecule has 2 atom stereocenters. The fourth-order valence-electron chi connectivity index (χ4n) is 2.59. The van der Waals surface area contributed by atoms with Crippen molar-refractivity contribution >= 4 is 11.5 Å². The highest BCUT2D eigenvalue weighted by atomic mass is 16.5. The van der Waals surface area contributed by atoms with Crippen LogP contribution in [0.25, 0.3) is 0 Å². The Bertz CT molecular complexity index is 404. The number of nitrogens with zero attached hydrogens (tertiary/aromatic N) is 2. The van der Waals surface area contributed by atoms with Crippen molar-refractivity contribution in [3.8, 4) is 0 Å². The molecule has 0 aromatic carbocycles. The fourth-order valence-corrected chi connectivity index (χ4v) is 2.59. The first-order chi connectivity index (χ1) is 9.33. The van der Waals surface area contributed by atoms with Crippen LogP contribution < -0.4 is 10.2 Å². The van der Waals surface area contributed by atoms with E-state index < -0.39 is 0 Å². The number of anilines is 2. The van der Waals surface area contributed by atoms with Crippen LogP contribution >= 0.6 is 0 Å². The Morgan fingerprint density at radius 2 is 2.11 bits per heavy atom. The Morgan fingerprint density at radius 3 is 2.74 bits per heavy atom. The van der Waals surface area contributed by atoms with Crippen molar-refractivity contribution in [1.29, 1.82) is 0 Å². The molecule has 2 saturated heterocycles. The molecule has 1 aromatic rings. The Hall–Kier alpha value is -1.33. The average Bonchev–Trinajstić information content (AvgIpc) is 2.86. The molecule has 1 aromatic heterocycles. The van der Waals surface area contributed by atoms with Crippen LogP contribution in [-0.2, 0) is 9.47 Å². The minimum atomic E-state index is 0.277. The number of morpholine rings is 1. The standard InChI is InChI=1S/C14H21N3O2/c1-11-13(4-7-19-11)16-12-2-3-14(15-10-12)17-5-8-18-9-6-17/h2-3,10-11,13,16H,4-9H2,1H3. The summed E-state index contributed by atoms with van der Waals surface area (Å²) in [7, 11) is 0. The number of ether oxygens (including phenoxy) is 2. The molecule has 2 fully saturated rings. The summed E-state index contributed by atoms with van der Waals surface area (Å²) in [6.45, 7) is 6.39. The zero-order chi connectivity index (χ0) is 13.1. The van der Waals surface area contributed by atoms with E-state index in [0.717, 1.165) is 50.8 Å². The van der Waals surface area contributed by atoms with Crippen molar-refractivity contribution in [1.82, 2.24) is 4.98 Å². The van der Waals surface area contributed by atoms with Gasteiger partial charge in [-0.1, -0.05) is 0 Å². The van der Waals surface area contributed by atoms with E-state index in [2.05, 4.69) is 34.3 Å². The fraction of sp³-hybridized carbons (Fsp3) is 0.643. The summed E-state index contributed by atoms with van der Waals surface area (Å²) in [5.74, 6) is 1.03. The molecule has 2 aliphatic rings. The van der Waals surface area contributed by atoms with Gasteiger partial charge in [0.25, 0.3) is 0 Å². The van der Waals surface area contributed by atoms with Crippen LogP contribution in [0.1, 0.15) is 13.3 Å². The first kappa shape index (κ1) is 12.7. The predicted molar refractivity (Wildman–Crippen MR) is 74.7 cm³/mol. The lowest BCUT2D eigenvalue weighted by Gasteiger charge is -2.28. The van der Waals surface area contributed by atoms with Gasteiger partial charge in [0.1, 0.15) is 5.82 Å². The third-order valence-corrected chi connectivity index (χ3v) is 3.81. The lowest BCUT2D eigenvalue weighted by Crippen LogP contribution is -2.36. The van der Waals surface area contributed by atoms with E-state index in [0.29, 0.717) is 6.04 Å². The number of rotatable bonds is 3. The van der Waals surface area contributed by atoms with Crippen LogP contribution in [0.4, 0.5) is 11.5 Å². The maximum absolute atomic E-state index is 5.55. The molecule has 0 radical (unpaired) electrons. The first-order valence-corrected chi connectivity index (χ1v) is 7.00. The molecule has 19 heavy (non-hydrogen) atoms. The van der Waals surface area contributed by atoms with E-state index in [1.165, 1.54) is 0 Å². The third kappa shape index (κ3) is 2.98. The molecule has 0 spiro atoms. The van der Waals surface area contributed by atoms with Crippen molar-refractivity contribution in [2.45, 2.75) is 25.5 Å². The van der Waals surface area contributed by atoms with E-state index in [1.54, 1.807) is 0 Å². The quantitative estimate of drug-likeness (QED) is 0.895. The Balaban J connectivity index is 1.61. The van der Waals surface area contributed by atoms with Crippen LogP contribution in [-0.4, -0.2) is 50.0 Å². The molecular formula is C14H21N3O2. The highest BCUT2D eigenvalue weighted by Crippen LogP contribution is 2.20. The number of hydrogen-bond acceptors (Lipinski definition) is 5. The predicted octanol–water partition coefficient (Wildman–Crippen LogP) is 1.51. The molecule has 5 nitrogen and oxygen atoms in total. The molecular weight excluding hydrogens is 242 g/mol. The highest BCUT2D eigenvalue weighted by Gasteiger charge is 2.23. The van der Waals surface area contributed by atoms with Crippen LogP contribution in [0, 0.1) is 0 Å². The van der Waals surface area contributed by atoms with Crippen molar-refractivity contribution in [2.75, 3.05) is 43.1 Å². The molecule has 2 unspecified atom stereocenters. The van der Waals surface area contributed by atoms with Gasteiger partial charge >= 0.3 is 0 Å². The summed E-state index contributed by atoms with van der Waals surface area (Å²) in [5, 5.41) is 3.49. The Morgan fingerprint density at radius 1 is 1.26 bits per heavy atom. The summed E-state index contributed by atoms with van der Waals surface area (Å²) in [5.41, 5.74) is 1.07. The molecule has 3 rings (SSSR count). The molecule has 1 N–H and O–H groups in total. The molecule has 0 amide bonds. The van der Waals surface area contributed by atoms with Gasteiger partial charge in [-0.05, 0) is 25.5 Å². The molecule has 0 bridgehead atoms. The van der Waals surface area contributed by atoms with E-state index in [4.69, 9.17) is 9.47 Å².